The second-order valence-electron chi connectivity index (χ2n) is 6.70. The Hall–Kier alpha value is -2.69. The highest BCUT2D eigenvalue weighted by molar-refractivity contribution is 5.74. The van der Waals surface area contributed by atoms with E-state index in [2.05, 4.69) is 13.8 Å². The van der Waals surface area contributed by atoms with Gasteiger partial charge < -0.3 is 18.9 Å². The van der Waals surface area contributed by atoms with Crippen LogP contribution in [0, 0.1) is 0 Å². The molecule has 132 valence electrons. The maximum Gasteiger partial charge on any atom is 0.349 e. The summed E-state index contributed by atoms with van der Waals surface area (Å²) in [6.07, 6.45) is 0. The lowest BCUT2D eigenvalue weighted by Crippen LogP contribution is -2.29. The second kappa shape index (κ2) is 6.67. The summed E-state index contributed by atoms with van der Waals surface area (Å²) in [6.45, 7) is 7.70. The quantitative estimate of drug-likeness (QED) is 0.599. The molecular formula is C20H22O5. The van der Waals surface area contributed by atoms with Gasteiger partial charge in [0.1, 0.15) is 11.5 Å². The molecule has 0 fully saturated rings. The maximum absolute atomic E-state index is 11.9. The summed E-state index contributed by atoms with van der Waals surface area (Å²) in [4.78, 5) is 11.9. The van der Waals surface area contributed by atoms with Crippen LogP contribution in [0.15, 0.2) is 42.5 Å². The van der Waals surface area contributed by atoms with E-state index in [0.29, 0.717) is 28.9 Å². The largest absolute Gasteiger partial charge is 0.482 e. The average molecular weight is 342 g/mol. The lowest BCUT2D eigenvalue weighted by Gasteiger charge is -2.16. The summed E-state index contributed by atoms with van der Waals surface area (Å²) in [5, 5.41) is 0. The maximum atomic E-state index is 11.9. The van der Waals surface area contributed by atoms with E-state index in [4.69, 9.17) is 18.9 Å². The molecule has 0 radical (unpaired) electrons. The lowest BCUT2D eigenvalue weighted by atomic mass is 10.0. The molecule has 0 saturated carbocycles. The molecule has 5 heteroatoms. The normalized spacial score (nSPS) is 14.4. The molecule has 0 spiro atoms. The topological polar surface area (TPSA) is 54.0 Å². The zero-order valence-electron chi connectivity index (χ0n) is 14.9. The Morgan fingerprint density at radius 2 is 1.64 bits per heavy atom. The van der Waals surface area contributed by atoms with Crippen LogP contribution in [0.3, 0.4) is 0 Å². The molecule has 0 atom stereocenters. The summed E-state index contributed by atoms with van der Waals surface area (Å²) < 4.78 is 22.0. The highest BCUT2D eigenvalue weighted by Gasteiger charge is 2.31. The first-order valence-corrected chi connectivity index (χ1v) is 8.28. The molecule has 1 aliphatic heterocycles. The summed E-state index contributed by atoms with van der Waals surface area (Å²) in [6, 6.07) is 12.7. The highest BCUT2D eigenvalue weighted by atomic mass is 16.7. The van der Waals surface area contributed by atoms with Gasteiger partial charge >= 0.3 is 5.97 Å². The third-order valence-electron chi connectivity index (χ3n) is 3.76. The van der Waals surface area contributed by atoms with E-state index in [1.165, 1.54) is 5.56 Å². The minimum atomic E-state index is -0.692. The number of fused-ring (bicyclic) bond motifs is 1. The van der Waals surface area contributed by atoms with Crippen LogP contribution in [-0.4, -0.2) is 18.4 Å². The van der Waals surface area contributed by atoms with Crippen molar-refractivity contribution in [2.24, 2.45) is 0 Å². The fraction of sp³-hybridized carbons (Fsp3) is 0.350. The Labute approximate surface area is 147 Å². The molecule has 0 unspecified atom stereocenters. The first kappa shape index (κ1) is 17.1. The number of hydrogen-bond acceptors (Lipinski definition) is 5. The van der Waals surface area contributed by atoms with Gasteiger partial charge in [-0.15, -0.1) is 0 Å². The van der Waals surface area contributed by atoms with Crippen molar-refractivity contribution in [3.63, 3.8) is 0 Å². The molecule has 3 rings (SSSR count). The van der Waals surface area contributed by atoms with Gasteiger partial charge in [-0.25, -0.2) is 4.79 Å². The van der Waals surface area contributed by atoms with Gasteiger partial charge in [-0.2, -0.15) is 0 Å². The van der Waals surface area contributed by atoms with E-state index in [-0.39, 0.29) is 6.61 Å². The Balaban J connectivity index is 1.54. The van der Waals surface area contributed by atoms with E-state index in [9.17, 15) is 4.79 Å². The molecule has 0 saturated heterocycles. The van der Waals surface area contributed by atoms with Crippen molar-refractivity contribution in [2.75, 3.05) is 6.61 Å². The fourth-order valence-electron chi connectivity index (χ4n) is 2.52. The zero-order chi connectivity index (χ0) is 18.0. The van der Waals surface area contributed by atoms with Gasteiger partial charge in [0.15, 0.2) is 18.1 Å². The number of rotatable bonds is 5. The van der Waals surface area contributed by atoms with Crippen LogP contribution in [0.4, 0.5) is 0 Å². The van der Waals surface area contributed by atoms with E-state index < -0.39 is 11.8 Å². The van der Waals surface area contributed by atoms with Crippen LogP contribution < -0.4 is 18.9 Å². The van der Waals surface area contributed by atoms with Crippen LogP contribution in [0.2, 0.25) is 0 Å². The van der Waals surface area contributed by atoms with Gasteiger partial charge in [0.25, 0.3) is 0 Å². The zero-order valence-corrected chi connectivity index (χ0v) is 14.9. The van der Waals surface area contributed by atoms with Gasteiger partial charge in [-0.05, 0) is 35.7 Å². The average Bonchev–Trinajstić information content (AvgIpc) is 2.86. The van der Waals surface area contributed by atoms with E-state index in [1.807, 2.05) is 26.0 Å². The van der Waals surface area contributed by atoms with E-state index >= 15 is 0 Å². The predicted molar refractivity (Wildman–Crippen MR) is 93.4 cm³/mol. The molecule has 1 heterocycles. The Bertz CT molecular complexity index is 762. The molecule has 5 nitrogen and oxygen atoms in total. The van der Waals surface area contributed by atoms with Crippen molar-refractivity contribution in [2.45, 2.75) is 39.4 Å². The van der Waals surface area contributed by atoms with Gasteiger partial charge in [0.2, 0.25) is 5.79 Å². The smallest absolute Gasteiger partial charge is 0.349 e. The lowest BCUT2D eigenvalue weighted by molar-refractivity contribution is -0.136. The molecule has 1 aliphatic rings. The van der Waals surface area contributed by atoms with Crippen molar-refractivity contribution in [1.29, 1.82) is 0 Å². The Morgan fingerprint density at radius 3 is 2.32 bits per heavy atom. The summed E-state index contributed by atoms with van der Waals surface area (Å²) in [5.74, 6) is 1.56. The Kier molecular flexibility index (Phi) is 4.57. The molecule has 0 N–H and O–H groups in total. The molecule has 25 heavy (non-hydrogen) atoms. The third kappa shape index (κ3) is 4.24. The van der Waals surface area contributed by atoms with Gasteiger partial charge in [0.05, 0.1) is 0 Å². The summed E-state index contributed by atoms with van der Waals surface area (Å²) >= 11 is 0. The number of esters is 1. The van der Waals surface area contributed by atoms with Gasteiger partial charge in [-0.1, -0.05) is 26.0 Å². The number of hydrogen-bond donors (Lipinski definition) is 0. The van der Waals surface area contributed by atoms with Crippen molar-refractivity contribution in [3.05, 3.63) is 48.0 Å². The first-order valence-electron chi connectivity index (χ1n) is 8.28. The van der Waals surface area contributed by atoms with E-state index in [1.54, 1.807) is 30.3 Å². The van der Waals surface area contributed by atoms with Crippen LogP contribution in [0.1, 0.15) is 39.2 Å². The molecular weight excluding hydrogens is 320 g/mol. The van der Waals surface area contributed by atoms with Crippen LogP contribution in [-0.2, 0) is 4.79 Å². The first-order chi connectivity index (χ1) is 11.8. The standard InChI is InChI=1S/C20H22O5/c1-13(2)14-5-7-15(8-6-14)23-19(21)12-22-16-9-10-17-18(11-16)25-20(3,4)24-17/h5-11,13H,12H2,1-4H3. The van der Waals surface area contributed by atoms with Crippen molar-refractivity contribution >= 4 is 5.97 Å². The molecule has 2 aromatic carbocycles. The van der Waals surface area contributed by atoms with Crippen molar-refractivity contribution < 1.29 is 23.7 Å². The van der Waals surface area contributed by atoms with Gasteiger partial charge in [0, 0.05) is 19.9 Å². The van der Waals surface area contributed by atoms with Crippen LogP contribution >= 0.6 is 0 Å². The number of carbonyl (C=O) groups excluding carboxylic acids is 1. The number of benzene rings is 2. The minimum Gasteiger partial charge on any atom is -0.482 e. The van der Waals surface area contributed by atoms with Crippen molar-refractivity contribution in [3.8, 4) is 23.0 Å². The SMILES string of the molecule is CC(C)c1ccc(OC(=O)COc2ccc3c(c2)OC(C)(C)O3)cc1. The summed E-state index contributed by atoms with van der Waals surface area (Å²) in [7, 11) is 0. The van der Waals surface area contributed by atoms with Gasteiger partial charge in [-0.3, -0.25) is 0 Å². The molecule has 0 aliphatic carbocycles. The second-order valence-corrected chi connectivity index (χ2v) is 6.70. The molecule has 2 aromatic rings. The van der Waals surface area contributed by atoms with Crippen molar-refractivity contribution in [1.82, 2.24) is 0 Å². The van der Waals surface area contributed by atoms with Crippen LogP contribution in [0.25, 0.3) is 0 Å². The molecule has 0 amide bonds. The number of ether oxygens (including phenoxy) is 4. The number of carbonyl (C=O) groups is 1. The highest BCUT2D eigenvalue weighted by Crippen LogP contribution is 2.41. The molecule has 0 aromatic heterocycles. The Morgan fingerprint density at radius 1 is 1.00 bits per heavy atom. The monoisotopic (exact) mass is 342 g/mol. The minimum absolute atomic E-state index is 0.186. The van der Waals surface area contributed by atoms with E-state index in [0.717, 1.165) is 0 Å². The third-order valence-corrected chi connectivity index (χ3v) is 3.76. The van der Waals surface area contributed by atoms with Crippen LogP contribution in [0.5, 0.6) is 23.0 Å². The fourth-order valence-corrected chi connectivity index (χ4v) is 2.52. The predicted octanol–water partition coefficient (Wildman–Crippen LogP) is 4.30. The molecule has 0 bridgehead atoms. The summed E-state index contributed by atoms with van der Waals surface area (Å²) in [5.41, 5.74) is 1.19.